The summed E-state index contributed by atoms with van der Waals surface area (Å²) in [6.45, 7) is 0. The van der Waals surface area contributed by atoms with Crippen LogP contribution in [0.2, 0.25) is 5.02 Å². The number of methoxy groups -OCH3 is 1. The molecule has 140 valence electrons. The van der Waals surface area contributed by atoms with E-state index >= 15 is 0 Å². The number of fused-ring (bicyclic) bond motifs is 3. The van der Waals surface area contributed by atoms with Gasteiger partial charge in [0.15, 0.2) is 17.7 Å². The van der Waals surface area contributed by atoms with Gasteiger partial charge in [-0.1, -0.05) is 35.9 Å². The van der Waals surface area contributed by atoms with Crippen molar-refractivity contribution in [3.8, 4) is 11.5 Å². The smallest absolute Gasteiger partial charge is 0.196 e. The van der Waals surface area contributed by atoms with Crippen molar-refractivity contribution in [1.29, 1.82) is 0 Å². The molecule has 0 bridgehead atoms. The Balaban J connectivity index is 1.63. The molecule has 5 nitrogen and oxygen atoms in total. The first-order valence-corrected chi connectivity index (χ1v) is 9.38. The second kappa shape index (κ2) is 6.86. The zero-order chi connectivity index (χ0) is 19.1. The van der Waals surface area contributed by atoms with Gasteiger partial charge in [-0.3, -0.25) is 4.98 Å². The number of para-hydroxylation sites is 1. The van der Waals surface area contributed by atoms with E-state index in [-0.39, 0.29) is 12.3 Å². The fourth-order valence-corrected chi connectivity index (χ4v) is 3.92. The van der Waals surface area contributed by atoms with E-state index < -0.39 is 0 Å². The number of halogens is 1. The van der Waals surface area contributed by atoms with Crippen LogP contribution in [-0.4, -0.2) is 17.1 Å². The van der Waals surface area contributed by atoms with E-state index in [1.54, 1.807) is 13.3 Å². The minimum atomic E-state index is -0.363. The Morgan fingerprint density at radius 1 is 1.14 bits per heavy atom. The molecule has 0 saturated heterocycles. The third-order valence-corrected chi connectivity index (χ3v) is 5.25. The van der Waals surface area contributed by atoms with Crippen molar-refractivity contribution in [3.05, 3.63) is 94.8 Å². The van der Waals surface area contributed by atoms with Gasteiger partial charge in [0.25, 0.3) is 0 Å². The maximum Gasteiger partial charge on any atom is 0.196 e. The summed E-state index contributed by atoms with van der Waals surface area (Å²) in [6, 6.07) is 17.6. The molecule has 28 heavy (non-hydrogen) atoms. The monoisotopic (exact) mass is 391 g/mol. The summed E-state index contributed by atoms with van der Waals surface area (Å²) in [7, 11) is 1.66. The first-order valence-electron chi connectivity index (χ1n) is 9.01. The number of benzene rings is 2. The van der Waals surface area contributed by atoms with Crippen molar-refractivity contribution in [3.63, 3.8) is 0 Å². The topological polar surface area (TPSA) is 46.6 Å². The number of nitrogens with zero attached hydrogens (tertiary/aromatic N) is 2. The van der Waals surface area contributed by atoms with Gasteiger partial charge in [-0.05, 0) is 36.4 Å². The van der Waals surface area contributed by atoms with Crippen LogP contribution in [0.5, 0.6) is 11.5 Å². The van der Waals surface area contributed by atoms with Crippen LogP contribution in [0.3, 0.4) is 0 Å². The first kappa shape index (κ1) is 17.1. The van der Waals surface area contributed by atoms with Crippen molar-refractivity contribution in [2.45, 2.75) is 12.3 Å². The van der Waals surface area contributed by atoms with Crippen molar-refractivity contribution in [1.82, 2.24) is 15.4 Å². The molecule has 0 aliphatic carbocycles. The summed E-state index contributed by atoms with van der Waals surface area (Å²) in [6.07, 6.45) is 5.44. The molecule has 2 aliphatic rings. The quantitative estimate of drug-likeness (QED) is 0.698. The van der Waals surface area contributed by atoms with E-state index in [4.69, 9.17) is 21.1 Å². The Bertz CT molecular complexity index is 1050. The van der Waals surface area contributed by atoms with Crippen molar-refractivity contribution >= 4 is 17.3 Å². The van der Waals surface area contributed by atoms with Gasteiger partial charge in [0.2, 0.25) is 0 Å². The number of aromatic nitrogens is 1. The summed E-state index contributed by atoms with van der Waals surface area (Å²) in [4.78, 5) is 4.24. The van der Waals surface area contributed by atoms with Gasteiger partial charge in [0, 0.05) is 34.1 Å². The Morgan fingerprint density at radius 2 is 2.04 bits per heavy atom. The van der Waals surface area contributed by atoms with E-state index in [1.807, 2.05) is 54.7 Å². The summed E-state index contributed by atoms with van der Waals surface area (Å²) in [5, 5.41) is 2.76. The average molecular weight is 392 g/mol. The lowest BCUT2D eigenvalue weighted by Gasteiger charge is -2.39. The Morgan fingerprint density at radius 3 is 2.82 bits per heavy atom. The molecule has 0 amide bonds. The standard InChI is InChI=1S/C22H18ClN3O2/c1-27-20-9-3-8-17-19-12-18(15-6-4-10-24-13-15)25-26(19)22(28-21(17)20)14-5-2-7-16(23)11-14/h2-13,19,22,25H,1H3. The zero-order valence-corrected chi connectivity index (χ0v) is 15.9. The van der Waals surface area contributed by atoms with Crippen LogP contribution in [0.4, 0.5) is 0 Å². The molecule has 0 saturated carbocycles. The highest BCUT2D eigenvalue weighted by Gasteiger charge is 2.41. The average Bonchev–Trinajstić information content (AvgIpc) is 3.19. The van der Waals surface area contributed by atoms with Gasteiger partial charge in [-0.25, -0.2) is 0 Å². The molecule has 2 atom stereocenters. The lowest BCUT2D eigenvalue weighted by molar-refractivity contribution is -0.0342. The molecule has 0 radical (unpaired) electrons. The SMILES string of the molecule is COc1cccc2c1OC(c1cccc(Cl)c1)N1NC(c3cccnc3)=CC21. The molecule has 0 fully saturated rings. The fourth-order valence-electron chi connectivity index (χ4n) is 3.72. The van der Waals surface area contributed by atoms with Crippen LogP contribution >= 0.6 is 11.6 Å². The van der Waals surface area contributed by atoms with Crippen molar-refractivity contribution < 1.29 is 9.47 Å². The van der Waals surface area contributed by atoms with E-state index in [9.17, 15) is 0 Å². The lowest BCUT2D eigenvalue weighted by Crippen LogP contribution is -2.43. The number of pyridine rings is 1. The highest BCUT2D eigenvalue weighted by molar-refractivity contribution is 6.30. The third-order valence-electron chi connectivity index (χ3n) is 5.01. The highest BCUT2D eigenvalue weighted by Crippen LogP contribution is 2.49. The second-order valence-corrected chi connectivity index (χ2v) is 7.13. The summed E-state index contributed by atoms with van der Waals surface area (Å²) < 4.78 is 12.0. The van der Waals surface area contributed by atoms with E-state index in [1.165, 1.54) is 0 Å². The summed E-state index contributed by atoms with van der Waals surface area (Å²) in [5.74, 6) is 1.47. The molecular weight excluding hydrogens is 374 g/mol. The van der Waals surface area contributed by atoms with Gasteiger partial charge >= 0.3 is 0 Å². The van der Waals surface area contributed by atoms with E-state index in [0.717, 1.165) is 28.1 Å². The van der Waals surface area contributed by atoms with Crippen molar-refractivity contribution in [2.24, 2.45) is 0 Å². The van der Waals surface area contributed by atoms with Gasteiger partial charge in [0.1, 0.15) is 0 Å². The van der Waals surface area contributed by atoms with Gasteiger partial charge in [0.05, 0.1) is 18.8 Å². The predicted molar refractivity (Wildman–Crippen MR) is 108 cm³/mol. The number of hydrazine groups is 1. The summed E-state index contributed by atoms with van der Waals surface area (Å²) >= 11 is 6.25. The zero-order valence-electron chi connectivity index (χ0n) is 15.2. The van der Waals surface area contributed by atoms with E-state index in [2.05, 4.69) is 27.6 Å². The summed E-state index contributed by atoms with van der Waals surface area (Å²) in [5.41, 5.74) is 7.52. The van der Waals surface area contributed by atoms with E-state index in [0.29, 0.717) is 10.8 Å². The lowest BCUT2D eigenvalue weighted by atomic mass is 10.0. The Hall–Kier alpha value is -3.02. The van der Waals surface area contributed by atoms with Crippen molar-refractivity contribution in [2.75, 3.05) is 7.11 Å². The van der Waals surface area contributed by atoms with Crippen LogP contribution < -0.4 is 14.9 Å². The number of hydrogen-bond donors (Lipinski definition) is 1. The number of hydrogen-bond acceptors (Lipinski definition) is 5. The molecule has 5 rings (SSSR count). The predicted octanol–water partition coefficient (Wildman–Crippen LogP) is 4.74. The number of ether oxygens (including phenoxy) is 2. The second-order valence-electron chi connectivity index (χ2n) is 6.69. The normalized spacial score (nSPS) is 20.4. The minimum Gasteiger partial charge on any atom is -0.493 e. The number of rotatable bonds is 3. The molecule has 1 aromatic heterocycles. The van der Waals surface area contributed by atoms with Gasteiger partial charge < -0.3 is 14.9 Å². The molecule has 3 aromatic rings. The molecule has 0 spiro atoms. The maximum atomic E-state index is 6.42. The van der Waals surface area contributed by atoms with Crippen LogP contribution in [0.1, 0.15) is 29.0 Å². The molecule has 2 aromatic carbocycles. The molecule has 2 aliphatic heterocycles. The maximum absolute atomic E-state index is 6.42. The highest BCUT2D eigenvalue weighted by atomic mass is 35.5. The largest absolute Gasteiger partial charge is 0.493 e. The minimum absolute atomic E-state index is 0.0157. The van der Waals surface area contributed by atoms with Crippen LogP contribution in [0, 0.1) is 0 Å². The molecule has 6 heteroatoms. The Labute approximate surface area is 168 Å². The molecule has 1 N–H and O–H groups in total. The number of nitrogens with one attached hydrogen (secondary N) is 1. The molecule has 3 heterocycles. The van der Waals surface area contributed by atoms with Crippen LogP contribution in [0.25, 0.3) is 5.70 Å². The van der Waals surface area contributed by atoms with Crippen LogP contribution in [-0.2, 0) is 0 Å². The molecular formula is C22H18ClN3O2. The Kier molecular flexibility index (Phi) is 4.19. The third kappa shape index (κ3) is 2.80. The van der Waals surface area contributed by atoms with Gasteiger partial charge in [-0.2, -0.15) is 5.01 Å². The van der Waals surface area contributed by atoms with Gasteiger partial charge in [-0.15, -0.1) is 0 Å². The fraction of sp³-hybridized carbons (Fsp3) is 0.136. The molecule has 2 unspecified atom stereocenters. The first-order chi connectivity index (χ1) is 13.7. The van der Waals surface area contributed by atoms with Crippen LogP contribution in [0.15, 0.2) is 73.1 Å².